The van der Waals surface area contributed by atoms with Crippen molar-refractivity contribution in [1.82, 2.24) is 15.5 Å². The maximum Gasteiger partial charge on any atom is 0.191 e. The van der Waals surface area contributed by atoms with Crippen LogP contribution in [0.25, 0.3) is 0 Å². The van der Waals surface area contributed by atoms with E-state index >= 15 is 0 Å². The van der Waals surface area contributed by atoms with Crippen LogP contribution in [0.3, 0.4) is 0 Å². The molecule has 0 radical (unpaired) electrons. The number of sulfone groups is 1. The molecule has 1 aromatic rings. The molecule has 156 valence electrons. The standard InChI is InChI=1S/C20H32N4O3S/c1-16(2)15-24-12-9-17(10-13-24)23-20(21-3)22-11-14-27-18-5-7-19(8-6-18)28(4,25)26/h5-8,17H,1,9-15H2,2-4H3,(H2,21,22,23). The molecule has 0 spiro atoms. The van der Waals surface area contributed by atoms with Crippen LogP contribution in [0, 0.1) is 0 Å². The molecule has 0 bridgehead atoms. The molecule has 0 amide bonds. The molecule has 28 heavy (non-hydrogen) atoms. The number of nitrogens with one attached hydrogen (secondary N) is 2. The second-order valence-electron chi connectivity index (χ2n) is 7.24. The van der Waals surface area contributed by atoms with Crippen LogP contribution in [-0.2, 0) is 9.84 Å². The Morgan fingerprint density at radius 3 is 2.46 bits per heavy atom. The van der Waals surface area contributed by atoms with Gasteiger partial charge < -0.3 is 15.4 Å². The van der Waals surface area contributed by atoms with Crippen molar-refractivity contribution in [3.05, 3.63) is 36.4 Å². The maximum absolute atomic E-state index is 11.5. The molecule has 1 heterocycles. The number of likely N-dealkylation sites (tertiary alicyclic amines) is 1. The lowest BCUT2D eigenvalue weighted by Crippen LogP contribution is -2.49. The number of benzene rings is 1. The summed E-state index contributed by atoms with van der Waals surface area (Å²) in [6, 6.07) is 6.86. The molecule has 0 aromatic heterocycles. The van der Waals surface area contributed by atoms with Crippen LogP contribution in [0.5, 0.6) is 5.75 Å². The molecule has 2 N–H and O–H groups in total. The number of rotatable bonds is 8. The lowest BCUT2D eigenvalue weighted by Gasteiger charge is -2.33. The summed E-state index contributed by atoms with van der Waals surface area (Å²) in [5, 5.41) is 6.73. The molecule has 2 rings (SSSR count). The van der Waals surface area contributed by atoms with Gasteiger partial charge in [0.25, 0.3) is 0 Å². The van der Waals surface area contributed by atoms with Gasteiger partial charge in [-0.3, -0.25) is 9.89 Å². The van der Waals surface area contributed by atoms with E-state index in [-0.39, 0.29) is 4.90 Å². The topological polar surface area (TPSA) is 83.0 Å². The predicted octanol–water partition coefficient (Wildman–Crippen LogP) is 1.67. The van der Waals surface area contributed by atoms with Gasteiger partial charge in [0, 0.05) is 39.0 Å². The molecule has 1 aliphatic rings. The largest absolute Gasteiger partial charge is 0.492 e. The number of guanidine groups is 1. The maximum atomic E-state index is 11.5. The van der Waals surface area contributed by atoms with Crippen molar-refractivity contribution in [1.29, 1.82) is 0 Å². The van der Waals surface area contributed by atoms with Crippen LogP contribution in [0.2, 0.25) is 0 Å². The first-order valence-corrected chi connectivity index (χ1v) is 11.4. The number of hydrogen-bond donors (Lipinski definition) is 2. The molecule has 0 aliphatic carbocycles. The summed E-state index contributed by atoms with van der Waals surface area (Å²) in [6.07, 6.45) is 3.35. The Balaban J connectivity index is 1.68. The Morgan fingerprint density at radius 1 is 1.29 bits per heavy atom. The Morgan fingerprint density at radius 2 is 1.93 bits per heavy atom. The molecule has 1 aromatic carbocycles. The van der Waals surface area contributed by atoms with Crippen molar-refractivity contribution in [3.8, 4) is 5.75 Å². The third-order valence-electron chi connectivity index (χ3n) is 4.56. The molecular formula is C20H32N4O3S. The summed E-state index contributed by atoms with van der Waals surface area (Å²) >= 11 is 0. The highest BCUT2D eigenvalue weighted by Crippen LogP contribution is 2.15. The Hall–Kier alpha value is -2.06. The molecule has 1 aliphatic heterocycles. The summed E-state index contributed by atoms with van der Waals surface area (Å²) in [5.74, 6) is 1.41. The number of hydrogen-bond acceptors (Lipinski definition) is 5. The highest BCUT2D eigenvalue weighted by molar-refractivity contribution is 7.90. The van der Waals surface area contributed by atoms with Crippen molar-refractivity contribution in [2.24, 2.45) is 4.99 Å². The molecule has 7 nitrogen and oxygen atoms in total. The third-order valence-corrected chi connectivity index (χ3v) is 5.69. The van der Waals surface area contributed by atoms with Gasteiger partial charge in [-0.15, -0.1) is 0 Å². The first kappa shape index (κ1) is 22.2. The highest BCUT2D eigenvalue weighted by Gasteiger charge is 2.19. The van der Waals surface area contributed by atoms with E-state index in [0.717, 1.165) is 38.4 Å². The van der Waals surface area contributed by atoms with Crippen LogP contribution in [-0.4, -0.2) is 71.4 Å². The molecule has 0 saturated carbocycles. The van der Waals surface area contributed by atoms with Gasteiger partial charge in [-0.2, -0.15) is 0 Å². The van der Waals surface area contributed by atoms with Crippen LogP contribution < -0.4 is 15.4 Å². The molecule has 1 saturated heterocycles. The van der Waals surface area contributed by atoms with E-state index in [2.05, 4.69) is 34.0 Å². The van der Waals surface area contributed by atoms with E-state index in [9.17, 15) is 8.42 Å². The zero-order chi connectivity index (χ0) is 20.6. The van der Waals surface area contributed by atoms with E-state index in [1.165, 1.54) is 11.8 Å². The average molecular weight is 409 g/mol. The second kappa shape index (κ2) is 10.5. The second-order valence-corrected chi connectivity index (χ2v) is 9.26. The van der Waals surface area contributed by atoms with Crippen LogP contribution in [0.15, 0.2) is 46.3 Å². The molecule has 1 fully saturated rings. The Kier molecular flexibility index (Phi) is 8.32. The van der Waals surface area contributed by atoms with Gasteiger partial charge in [-0.25, -0.2) is 8.42 Å². The monoisotopic (exact) mass is 408 g/mol. The van der Waals surface area contributed by atoms with E-state index < -0.39 is 9.84 Å². The van der Waals surface area contributed by atoms with Crippen LogP contribution >= 0.6 is 0 Å². The Labute approximate surface area is 168 Å². The number of ether oxygens (including phenoxy) is 1. The summed E-state index contributed by atoms with van der Waals surface area (Å²) in [5.41, 5.74) is 1.20. The predicted molar refractivity (Wildman–Crippen MR) is 114 cm³/mol. The molecule has 0 atom stereocenters. The summed E-state index contributed by atoms with van der Waals surface area (Å²) in [7, 11) is -1.42. The summed E-state index contributed by atoms with van der Waals surface area (Å²) in [6.45, 7) is 10.2. The van der Waals surface area contributed by atoms with Crippen molar-refractivity contribution >= 4 is 15.8 Å². The Bertz CT molecular complexity index is 767. The average Bonchev–Trinajstić information content (AvgIpc) is 2.65. The van der Waals surface area contributed by atoms with Crippen molar-refractivity contribution in [2.45, 2.75) is 30.7 Å². The van der Waals surface area contributed by atoms with Crippen molar-refractivity contribution in [3.63, 3.8) is 0 Å². The summed E-state index contributed by atoms with van der Waals surface area (Å²) < 4.78 is 28.6. The highest BCUT2D eigenvalue weighted by atomic mass is 32.2. The van der Waals surface area contributed by atoms with Crippen LogP contribution in [0.1, 0.15) is 19.8 Å². The minimum atomic E-state index is -3.18. The van der Waals surface area contributed by atoms with Gasteiger partial charge >= 0.3 is 0 Å². The normalized spacial score (nSPS) is 16.6. The van der Waals surface area contributed by atoms with Gasteiger partial charge in [0.05, 0.1) is 11.4 Å². The van der Waals surface area contributed by atoms with E-state index in [0.29, 0.717) is 24.9 Å². The minimum absolute atomic E-state index is 0.289. The third kappa shape index (κ3) is 7.52. The lowest BCUT2D eigenvalue weighted by molar-refractivity contribution is 0.221. The molecule has 0 unspecified atom stereocenters. The van der Waals surface area contributed by atoms with Crippen molar-refractivity contribution in [2.75, 3.05) is 46.1 Å². The quantitative estimate of drug-likeness (QED) is 0.295. The summed E-state index contributed by atoms with van der Waals surface area (Å²) in [4.78, 5) is 7.00. The van der Waals surface area contributed by atoms with Gasteiger partial charge in [-0.1, -0.05) is 12.2 Å². The van der Waals surface area contributed by atoms with Gasteiger partial charge in [-0.05, 0) is 44.0 Å². The lowest BCUT2D eigenvalue weighted by atomic mass is 10.0. The zero-order valence-corrected chi connectivity index (χ0v) is 17.9. The number of piperidine rings is 1. The fraction of sp³-hybridized carbons (Fsp3) is 0.550. The van der Waals surface area contributed by atoms with Gasteiger partial charge in [0.1, 0.15) is 12.4 Å². The minimum Gasteiger partial charge on any atom is -0.492 e. The smallest absolute Gasteiger partial charge is 0.191 e. The van der Waals surface area contributed by atoms with E-state index in [1.54, 1.807) is 31.3 Å². The van der Waals surface area contributed by atoms with E-state index in [4.69, 9.17) is 4.74 Å². The van der Waals surface area contributed by atoms with Gasteiger partial charge in [0.15, 0.2) is 15.8 Å². The van der Waals surface area contributed by atoms with Crippen LogP contribution in [0.4, 0.5) is 0 Å². The fourth-order valence-corrected chi connectivity index (χ4v) is 3.76. The van der Waals surface area contributed by atoms with Gasteiger partial charge in [0.2, 0.25) is 0 Å². The SMILES string of the molecule is C=C(C)CN1CCC(NC(=NC)NCCOc2ccc(S(C)(=O)=O)cc2)CC1. The number of aliphatic imine (C=N–C) groups is 1. The first-order chi connectivity index (χ1) is 13.3. The van der Waals surface area contributed by atoms with Crippen molar-refractivity contribution < 1.29 is 13.2 Å². The molecule has 8 heteroatoms. The first-order valence-electron chi connectivity index (χ1n) is 9.55. The fourth-order valence-electron chi connectivity index (χ4n) is 3.13. The zero-order valence-electron chi connectivity index (χ0n) is 17.1. The molecular weight excluding hydrogens is 376 g/mol. The van der Waals surface area contributed by atoms with E-state index in [1.807, 2.05) is 0 Å². The number of nitrogens with zero attached hydrogens (tertiary/aromatic N) is 2.